The first kappa shape index (κ1) is 17.6. The Hall–Kier alpha value is -3.46. The lowest BCUT2D eigenvalue weighted by atomic mass is 10.2. The van der Waals surface area contributed by atoms with E-state index >= 15 is 0 Å². The SMILES string of the molecule is Nc1ncnc2c1c(C(O)Nc1ccc(-c3ncco3)cc1)nn2C1CCCC1. The van der Waals surface area contributed by atoms with Gasteiger partial charge in [-0.2, -0.15) is 5.10 Å². The first-order valence-corrected chi connectivity index (χ1v) is 9.64. The molecule has 3 aromatic heterocycles. The Morgan fingerprint density at radius 1 is 1.14 bits per heavy atom. The summed E-state index contributed by atoms with van der Waals surface area (Å²) in [4.78, 5) is 12.6. The first-order valence-electron chi connectivity index (χ1n) is 9.64. The van der Waals surface area contributed by atoms with Crippen molar-refractivity contribution in [3.05, 3.63) is 48.7 Å². The second kappa shape index (κ2) is 7.17. The third-order valence-electron chi connectivity index (χ3n) is 5.34. The van der Waals surface area contributed by atoms with Gasteiger partial charge in [0.1, 0.15) is 24.1 Å². The normalized spacial score (nSPS) is 15.8. The number of anilines is 2. The van der Waals surface area contributed by atoms with Crippen LogP contribution >= 0.6 is 0 Å². The predicted molar refractivity (Wildman–Crippen MR) is 108 cm³/mol. The monoisotopic (exact) mass is 391 g/mol. The fraction of sp³-hybridized carbons (Fsp3) is 0.300. The molecule has 1 aliphatic carbocycles. The summed E-state index contributed by atoms with van der Waals surface area (Å²) in [6.07, 6.45) is 7.95. The average Bonchev–Trinajstić information content (AvgIpc) is 3.49. The fourth-order valence-corrected chi connectivity index (χ4v) is 3.92. The van der Waals surface area contributed by atoms with Crippen LogP contribution in [0.1, 0.15) is 43.6 Å². The first-order chi connectivity index (χ1) is 14.2. The number of oxazole rings is 1. The van der Waals surface area contributed by atoms with Crippen LogP contribution < -0.4 is 11.1 Å². The smallest absolute Gasteiger partial charge is 0.225 e. The van der Waals surface area contributed by atoms with Crippen LogP contribution in [0.5, 0.6) is 0 Å². The molecule has 9 nitrogen and oxygen atoms in total. The highest BCUT2D eigenvalue weighted by Crippen LogP contribution is 2.35. The average molecular weight is 391 g/mol. The van der Waals surface area contributed by atoms with Gasteiger partial charge in [0.2, 0.25) is 5.89 Å². The van der Waals surface area contributed by atoms with E-state index in [4.69, 9.17) is 10.2 Å². The number of benzene rings is 1. The second-order valence-electron chi connectivity index (χ2n) is 7.19. The third kappa shape index (κ3) is 3.19. The van der Waals surface area contributed by atoms with Gasteiger partial charge >= 0.3 is 0 Å². The summed E-state index contributed by atoms with van der Waals surface area (Å²) in [5.41, 5.74) is 8.79. The lowest BCUT2D eigenvalue weighted by molar-refractivity contribution is 0.203. The number of nitrogens with one attached hydrogen (secondary N) is 1. The number of nitrogens with zero attached hydrogens (tertiary/aromatic N) is 5. The molecule has 29 heavy (non-hydrogen) atoms. The lowest BCUT2D eigenvalue weighted by Gasteiger charge is -2.13. The van der Waals surface area contributed by atoms with Gasteiger partial charge in [-0.15, -0.1) is 0 Å². The molecule has 148 valence electrons. The van der Waals surface area contributed by atoms with Crippen LogP contribution in [0, 0.1) is 0 Å². The molecule has 1 unspecified atom stereocenters. The van der Waals surface area contributed by atoms with Crippen molar-refractivity contribution in [1.82, 2.24) is 24.7 Å². The van der Waals surface area contributed by atoms with Crippen molar-refractivity contribution in [3.63, 3.8) is 0 Å². The summed E-state index contributed by atoms with van der Waals surface area (Å²) < 4.78 is 7.20. The summed E-state index contributed by atoms with van der Waals surface area (Å²) in [5.74, 6) is 0.859. The highest BCUT2D eigenvalue weighted by atomic mass is 16.3. The van der Waals surface area contributed by atoms with Gasteiger partial charge in [-0.25, -0.2) is 19.6 Å². The standard InChI is InChI=1S/C20H21N7O2/c21-17-15-16(26-27(14-3-1-2-4-14)18(15)24-11-23-17)19(28)25-13-7-5-12(6-8-13)20-22-9-10-29-20/h5-11,14,19,25,28H,1-4H2,(H2,21,23,24). The van der Waals surface area contributed by atoms with Gasteiger partial charge < -0.3 is 20.6 Å². The van der Waals surface area contributed by atoms with Gasteiger partial charge in [-0.05, 0) is 37.1 Å². The lowest BCUT2D eigenvalue weighted by Crippen LogP contribution is -2.13. The van der Waals surface area contributed by atoms with Gasteiger partial charge in [-0.1, -0.05) is 12.8 Å². The van der Waals surface area contributed by atoms with E-state index in [2.05, 4.69) is 25.4 Å². The predicted octanol–water partition coefficient (Wildman–Crippen LogP) is 3.28. The number of aliphatic hydroxyl groups excluding tert-OH is 1. The van der Waals surface area contributed by atoms with Crippen LogP contribution in [0.3, 0.4) is 0 Å². The summed E-state index contributed by atoms with van der Waals surface area (Å²) in [7, 11) is 0. The summed E-state index contributed by atoms with van der Waals surface area (Å²) >= 11 is 0. The Balaban J connectivity index is 1.45. The Morgan fingerprint density at radius 3 is 2.66 bits per heavy atom. The molecule has 0 radical (unpaired) electrons. The van der Waals surface area contributed by atoms with Crippen molar-refractivity contribution in [2.24, 2.45) is 0 Å². The molecular weight excluding hydrogens is 370 g/mol. The van der Waals surface area contributed by atoms with E-state index in [1.807, 2.05) is 28.9 Å². The zero-order chi connectivity index (χ0) is 19.8. The topological polar surface area (TPSA) is 128 Å². The minimum absolute atomic E-state index is 0.271. The molecule has 0 bridgehead atoms. The number of rotatable bonds is 5. The van der Waals surface area contributed by atoms with Crippen LogP contribution in [-0.4, -0.2) is 29.8 Å². The number of hydrogen-bond donors (Lipinski definition) is 3. The number of fused-ring (bicyclic) bond motifs is 1. The van der Waals surface area contributed by atoms with Crippen molar-refractivity contribution < 1.29 is 9.52 Å². The quantitative estimate of drug-likeness (QED) is 0.442. The largest absolute Gasteiger partial charge is 0.445 e. The highest BCUT2D eigenvalue weighted by Gasteiger charge is 2.26. The second-order valence-corrected chi connectivity index (χ2v) is 7.19. The van der Waals surface area contributed by atoms with E-state index in [9.17, 15) is 5.11 Å². The molecule has 4 N–H and O–H groups in total. The van der Waals surface area contributed by atoms with E-state index < -0.39 is 6.23 Å². The van der Waals surface area contributed by atoms with Crippen molar-refractivity contribution >= 4 is 22.5 Å². The van der Waals surface area contributed by atoms with E-state index in [1.165, 1.54) is 25.4 Å². The molecule has 1 fully saturated rings. The summed E-state index contributed by atoms with van der Waals surface area (Å²) in [6, 6.07) is 7.70. The van der Waals surface area contributed by atoms with E-state index in [-0.39, 0.29) is 6.04 Å². The van der Waals surface area contributed by atoms with Crippen LogP contribution in [0.4, 0.5) is 11.5 Å². The molecular formula is C20H21N7O2. The molecule has 5 rings (SSSR count). The number of hydrogen-bond acceptors (Lipinski definition) is 8. The molecule has 9 heteroatoms. The highest BCUT2D eigenvalue weighted by molar-refractivity contribution is 5.88. The zero-order valence-corrected chi connectivity index (χ0v) is 15.7. The summed E-state index contributed by atoms with van der Waals surface area (Å²) in [6.45, 7) is 0. The third-order valence-corrected chi connectivity index (χ3v) is 5.34. The van der Waals surface area contributed by atoms with Gasteiger partial charge in [0.25, 0.3) is 0 Å². The molecule has 0 amide bonds. The minimum Gasteiger partial charge on any atom is -0.445 e. The molecule has 0 aliphatic heterocycles. The molecule has 1 aromatic carbocycles. The van der Waals surface area contributed by atoms with Crippen molar-refractivity contribution in [1.29, 1.82) is 0 Å². The number of nitrogens with two attached hydrogens (primary N) is 1. The number of nitrogen functional groups attached to an aromatic ring is 1. The van der Waals surface area contributed by atoms with Crippen LogP contribution in [0.2, 0.25) is 0 Å². The van der Waals surface area contributed by atoms with Crippen LogP contribution in [0.15, 0.2) is 47.5 Å². The van der Waals surface area contributed by atoms with E-state index in [0.29, 0.717) is 28.4 Å². The molecule has 0 saturated heterocycles. The maximum absolute atomic E-state index is 10.9. The van der Waals surface area contributed by atoms with Crippen molar-refractivity contribution in [2.45, 2.75) is 38.0 Å². The minimum atomic E-state index is -1.05. The fourth-order valence-electron chi connectivity index (χ4n) is 3.92. The number of aromatic nitrogens is 5. The van der Waals surface area contributed by atoms with Crippen LogP contribution in [0.25, 0.3) is 22.5 Å². The van der Waals surface area contributed by atoms with Crippen molar-refractivity contribution in [3.8, 4) is 11.5 Å². The van der Waals surface area contributed by atoms with Gasteiger partial charge in [0.05, 0.1) is 17.6 Å². The Morgan fingerprint density at radius 2 is 1.93 bits per heavy atom. The number of aliphatic hydroxyl groups is 1. The van der Waals surface area contributed by atoms with E-state index in [1.54, 1.807) is 6.20 Å². The van der Waals surface area contributed by atoms with Gasteiger partial charge in [-0.3, -0.25) is 0 Å². The molecule has 4 aromatic rings. The molecule has 3 heterocycles. The van der Waals surface area contributed by atoms with Crippen molar-refractivity contribution in [2.75, 3.05) is 11.1 Å². The molecule has 1 atom stereocenters. The summed E-state index contributed by atoms with van der Waals surface area (Å²) in [5, 5.41) is 19.2. The molecule has 1 saturated carbocycles. The van der Waals surface area contributed by atoms with Crippen LogP contribution in [-0.2, 0) is 0 Å². The Labute approximate surface area is 166 Å². The maximum Gasteiger partial charge on any atom is 0.225 e. The van der Waals surface area contributed by atoms with Gasteiger partial charge in [0.15, 0.2) is 11.9 Å². The Kier molecular flexibility index (Phi) is 4.36. The maximum atomic E-state index is 10.9. The van der Waals surface area contributed by atoms with Gasteiger partial charge in [0, 0.05) is 11.3 Å². The Bertz CT molecular complexity index is 1120. The molecule has 1 aliphatic rings. The van der Waals surface area contributed by atoms with E-state index in [0.717, 1.165) is 24.1 Å². The molecule has 0 spiro atoms. The zero-order valence-electron chi connectivity index (χ0n) is 15.7.